The average Bonchev–Trinajstić information content (AvgIpc) is 2.92. The minimum absolute atomic E-state index is 0.363. The first-order valence-electron chi connectivity index (χ1n) is 6.08. The largest absolute Gasteiger partial charge is 0.423 e. The lowest BCUT2D eigenvalue weighted by atomic mass is 10.3. The number of carbonyl (C=O) groups excluding carboxylic acids is 1. The Kier molecular flexibility index (Phi) is 4.23. The highest BCUT2D eigenvalue weighted by molar-refractivity contribution is 7.99. The fourth-order valence-corrected chi connectivity index (χ4v) is 3.09. The number of amides is 1. The molecule has 6 nitrogen and oxygen atoms in total. The van der Waals surface area contributed by atoms with Gasteiger partial charge in [0.15, 0.2) is 11.4 Å². The monoisotopic (exact) mass is 344 g/mol. The van der Waals surface area contributed by atoms with Crippen LogP contribution in [0.5, 0.6) is 0 Å². The molecule has 110 valence electrons. The van der Waals surface area contributed by atoms with Gasteiger partial charge in [0.1, 0.15) is 6.33 Å². The number of halogens is 2. The summed E-state index contributed by atoms with van der Waals surface area (Å²) in [6.07, 6.45) is 1.09. The van der Waals surface area contributed by atoms with E-state index < -0.39 is 12.3 Å². The molecule has 1 amide bonds. The Morgan fingerprint density at radius 2 is 2.29 bits per heavy atom. The average molecular weight is 345 g/mol. The van der Waals surface area contributed by atoms with Crippen molar-refractivity contribution < 1.29 is 9.53 Å². The maximum Gasteiger partial charge on any atom is 0.413 e. The molecular formula is C12H10Cl2N4O2S. The fraction of sp³-hybridized carbons (Fsp3) is 0.250. The summed E-state index contributed by atoms with van der Waals surface area (Å²) in [6.45, 7) is 0. The standard InChI is InChI=1S/C12H10Cl2N4O2S/c13-8-2-1-7(5-9(8)14)17-12(19)20-10-3-4-21-11-15-6-16-18(10)11/h1-2,5-6,10H,3-4H2,(H,17,19). The third-order valence-corrected chi connectivity index (χ3v) is 4.55. The summed E-state index contributed by atoms with van der Waals surface area (Å²) >= 11 is 13.3. The minimum atomic E-state index is -0.577. The van der Waals surface area contributed by atoms with Crippen molar-refractivity contribution in [2.75, 3.05) is 11.1 Å². The molecule has 1 aromatic heterocycles. The van der Waals surface area contributed by atoms with Gasteiger partial charge in [0.25, 0.3) is 0 Å². The molecule has 0 radical (unpaired) electrons. The highest BCUT2D eigenvalue weighted by Crippen LogP contribution is 2.30. The number of benzene rings is 1. The zero-order valence-corrected chi connectivity index (χ0v) is 13.0. The maximum atomic E-state index is 11.9. The Morgan fingerprint density at radius 1 is 1.43 bits per heavy atom. The van der Waals surface area contributed by atoms with E-state index in [0.717, 1.165) is 10.9 Å². The lowest BCUT2D eigenvalue weighted by molar-refractivity contribution is 0.0463. The number of hydrogen-bond acceptors (Lipinski definition) is 5. The number of hydrogen-bond donors (Lipinski definition) is 1. The molecule has 1 N–H and O–H groups in total. The van der Waals surface area contributed by atoms with Gasteiger partial charge in [-0.3, -0.25) is 5.32 Å². The zero-order chi connectivity index (χ0) is 14.8. The molecule has 0 saturated carbocycles. The first-order chi connectivity index (χ1) is 10.1. The van der Waals surface area contributed by atoms with Gasteiger partial charge in [0.2, 0.25) is 0 Å². The van der Waals surface area contributed by atoms with E-state index in [1.54, 1.807) is 34.6 Å². The van der Waals surface area contributed by atoms with Crippen LogP contribution in [0.1, 0.15) is 12.6 Å². The third-order valence-electron chi connectivity index (χ3n) is 2.82. The van der Waals surface area contributed by atoms with Crippen molar-refractivity contribution in [3.63, 3.8) is 0 Å². The predicted molar refractivity (Wildman–Crippen MR) is 81.0 cm³/mol. The van der Waals surface area contributed by atoms with Crippen LogP contribution < -0.4 is 5.32 Å². The van der Waals surface area contributed by atoms with Gasteiger partial charge in [0.05, 0.1) is 10.0 Å². The second-order valence-electron chi connectivity index (χ2n) is 4.24. The number of thioether (sulfide) groups is 1. The van der Waals surface area contributed by atoms with Crippen LogP contribution in [0, 0.1) is 0 Å². The van der Waals surface area contributed by atoms with Crippen LogP contribution in [-0.4, -0.2) is 26.6 Å². The maximum absolute atomic E-state index is 11.9. The Labute approximate surface area is 134 Å². The molecule has 21 heavy (non-hydrogen) atoms. The van der Waals surface area contributed by atoms with E-state index in [4.69, 9.17) is 27.9 Å². The van der Waals surface area contributed by atoms with E-state index in [9.17, 15) is 4.79 Å². The van der Waals surface area contributed by atoms with Gasteiger partial charge in [0, 0.05) is 17.9 Å². The van der Waals surface area contributed by atoms with Gasteiger partial charge in [-0.25, -0.2) is 14.5 Å². The summed E-state index contributed by atoms with van der Waals surface area (Å²) in [6, 6.07) is 4.81. The van der Waals surface area contributed by atoms with Crippen LogP contribution in [0.15, 0.2) is 29.7 Å². The molecule has 0 spiro atoms. The Bertz CT molecular complexity index is 679. The molecule has 1 aliphatic rings. The number of ether oxygens (including phenoxy) is 1. The quantitative estimate of drug-likeness (QED) is 0.896. The number of fused-ring (bicyclic) bond motifs is 1. The van der Waals surface area contributed by atoms with Crippen molar-refractivity contribution in [2.24, 2.45) is 0 Å². The van der Waals surface area contributed by atoms with Crippen molar-refractivity contribution in [2.45, 2.75) is 17.8 Å². The normalized spacial score (nSPS) is 17.1. The lowest BCUT2D eigenvalue weighted by Gasteiger charge is -2.22. The van der Waals surface area contributed by atoms with Crippen molar-refractivity contribution in [1.82, 2.24) is 14.8 Å². The highest BCUT2D eigenvalue weighted by Gasteiger charge is 2.25. The number of carbonyl (C=O) groups is 1. The smallest absolute Gasteiger partial charge is 0.413 e. The van der Waals surface area contributed by atoms with Gasteiger partial charge >= 0.3 is 6.09 Å². The molecule has 9 heteroatoms. The van der Waals surface area contributed by atoms with E-state index in [1.807, 2.05) is 0 Å². The molecule has 1 aliphatic heterocycles. The van der Waals surface area contributed by atoms with E-state index in [0.29, 0.717) is 22.2 Å². The van der Waals surface area contributed by atoms with E-state index >= 15 is 0 Å². The van der Waals surface area contributed by atoms with Crippen LogP contribution in [0.3, 0.4) is 0 Å². The minimum Gasteiger partial charge on any atom is -0.423 e. The SMILES string of the molecule is O=C(Nc1ccc(Cl)c(Cl)c1)OC1CCSc2ncnn21. The second-order valence-corrected chi connectivity index (χ2v) is 6.11. The van der Waals surface area contributed by atoms with Gasteiger partial charge < -0.3 is 4.74 Å². The third kappa shape index (κ3) is 3.25. The van der Waals surface area contributed by atoms with E-state index in [-0.39, 0.29) is 0 Å². The van der Waals surface area contributed by atoms with Gasteiger partial charge in [-0.2, -0.15) is 5.10 Å². The molecule has 0 bridgehead atoms. The summed E-state index contributed by atoms with van der Waals surface area (Å²) in [5.74, 6) is 0.823. The number of nitrogens with one attached hydrogen (secondary N) is 1. The second kappa shape index (κ2) is 6.13. The van der Waals surface area contributed by atoms with Crippen LogP contribution >= 0.6 is 35.0 Å². The number of rotatable bonds is 2. The van der Waals surface area contributed by atoms with Crippen LogP contribution in [-0.2, 0) is 4.74 Å². The molecule has 3 rings (SSSR count). The van der Waals surface area contributed by atoms with Crippen molar-refractivity contribution >= 4 is 46.7 Å². The Hall–Kier alpha value is -1.44. The molecule has 0 fully saturated rings. The fourth-order valence-electron chi connectivity index (χ4n) is 1.87. The summed E-state index contributed by atoms with van der Waals surface area (Å²) in [5.41, 5.74) is 0.512. The Morgan fingerprint density at radius 3 is 3.10 bits per heavy atom. The summed E-state index contributed by atoms with van der Waals surface area (Å²) in [7, 11) is 0. The van der Waals surface area contributed by atoms with Crippen molar-refractivity contribution in [1.29, 1.82) is 0 Å². The first kappa shape index (κ1) is 14.5. The molecular weight excluding hydrogens is 335 g/mol. The van der Waals surface area contributed by atoms with Crippen LogP contribution in [0.2, 0.25) is 10.0 Å². The molecule has 1 aromatic carbocycles. The molecule has 1 unspecified atom stereocenters. The van der Waals surface area contributed by atoms with Crippen LogP contribution in [0.25, 0.3) is 0 Å². The Balaban J connectivity index is 1.66. The van der Waals surface area contributed by atoms with E-state index in [1.165, 1.54) is 6.33 Å². The predicted octanol–water partition coefficient (Wildman–Crippen LogP) is 3.83. The number of nitrogens with zero attached hydrogens (tertiary/aromatic N) is 3. The summed E-state index contributed by atoms with van der Waals surface area (Å²) in [5, 5.41) is 8.20. The summed E-state index contributed by atoms with van der Waals surface area (Å²) in [4.78, 5) is 16.0. The van der Waals surface area contributed by atoms with Crippen molar-refractivity contribution in [3.05, 3.63) is 34.6 Å². The molecule has 0 aliphatic carbocycles. The zero-order valence-electron chi connectivity index (χ0n) is 10.6. The summed E-state index contributed by atoms with van der Waals surface area (Å²) < 4.78 is 6.97. The molecule has 2 aromatic rings. The lowest BCUT2D eigenvalue weighted by Crippen LogP contribution is -2.25. The molecule has 0 saturated heterocycles. The van der Waals surface area contributed by atoms with Gasteiger partial charge in [-0.15, -0.1) is 0 Å². The molecule has 2 heterocycles. The first-order valence-corrected chi connectivity index (χ1v) is 7.82. The van der Waals surface area contributed by atoms with Crippen molar-refractivity contribution in [3.8, 4) is 0 Å². The van der Waals surface area contributed by atoms with Gasteiger partial charge in [-0.1, -0.05) is 35.0 Å². The number of aromatic nitrogens is 3. The van der Waals surface area contributed by atoms with E-state index in [2.05, 4.69) is 15.4 Å². The highest BCUT2D eigenvalue weighted by atomic mass is 35.5. The molecule has 1 atom stereocenters. The van der Waals surface area contributed by atoms with Gasteiger partial charge in [-0.05, 0) is 18.2 Å². The number of anilines is 1. The van der Waals surface area contributed by atoms with Crippen LogP contribution in [0.4, 0.5) is 10.5 Å². The topological polar surface area (TPSA) is 69.0 Å².